The first-order valence-electron chi connectivity index (χ1n) is 7.26. The molecule has 3 heteroatoms. The molecule has 3 nitrogen and oxygen atoms in total. The molecule has 0 saturated carbocycles. The van der Waals surface area contributed by atoms with E-state index in [1.165, 1.54) is 11.3 Å². The molecule has 1 aromatic carbocycles. The van der Waals surface area contributed by atoms with Crippen molar-refractivity contribution < 1.29 is 0 Å². The standard InChI is InChI=1S/C16H27N3/c1-5-14(17)13-8-6-7-9-15(13)19-11-10-18(4)16(2,3)12-19/h6-9,14H,5,10-12,17H2,1-4H3/t14-/m1/s1. The molecule has 2 N–H and O–H groups in total. The number of piperazine rings is 1. The molecule has 1 saturated heterocycles. The Balaban J connectivity index is 2.27. The van der Waals surface area contributed by atoms with Gasteiger partial charge in [0.1, 0.15) is 0 Å². The van der Waals surface area contributed by atoms with E-state index in [9.17, 15) is 0 Å². The number of para-hydroxylation sites is 1. The van der Waals surface area contributed by atoms with Crippen LogP contribution in [0.1, 0.15) is 38.8 Å². The van der Waals surface area contributed by atoms with E-state index >= 15 is 0 Å². The van der Waals surface area contributed by atoms with Gasteiger partial charge in [-0.2, -0.15) is 0 Å². The van der Waals surface area contributed by atoms with E-state index < -0.39 is 0 Å². The van der Waals surface area contributed by atoms with Gasteiger partial charge in [-0.3, -0.25) is 4.90 Å². The number of anilines is 1. The molecule has 106 valence electrons. The zero-order chi connectivity index (χ0) is 14.0. The number of likely N-dealkylation sites (N-methyl/N-ethyl adjacent to an activating group) is 1. The molecule has 0 aromatic heterocycles. The van der Waals surface area contributed by atoms with E-state index in [0.29, 0.717) is 0 Å². The number of benzene rings is 1. The summed E-state index contributed by atoms with van der Waals surface area (Å²) in [5.41, 5.74) is 9.07. The van der Waals surface area contributed by atoms with Gasteiger partial charge in [0.15, 0.2) is 0 Å². The molecule has 19 heavy (non-hydrogen) atoms. The van der Waals surface area contributed by atoms with E-state index in [-0.39, 0.29) is 11.6 Å². The Morgan fingerprint density at radius 2 is 1.95 bits per heavy atom. The monoisotopic (exact) mass is 261 g/mol. The summed E-state index contributed by atoms with van der Waals surface area (Å²) in [4.78, 5) is 4.93. The molecule has 0 aliphatic carbocycles. The third-order valence-electron chi connectivity index (χ3n) is 4.43. The van der Waals surface area contributed by atoms with Crippen molar-refractivity contribution in [2.75, 3.05) is 31.6 Å². The SMILES string of the molecule is CC[C@@H](N)c1ccccc1N1CCN(C)C(C)(C)C1. The van der Waals surface area contributed by atoms with Gasteiger partial charge < -0.3 is 10.6 Å². The first kappa shape index (κ1) is 14.4. The van der Waals surface area contributed by atoms with Crippen LogP contribution in [0.3, 0.4) is 0 Å². The van der Waals surface area contributed by atoms with Crippen molar-refractivity contribution >= 4 is 5.69 Å². The lowest BCUT2D eigenvalue weighted by molar-refractivity contribution is 0.138. The highest BCUT2D eigenvalue weighted by atomic mass is 15.3. The van der Waals surface area contributed by atoms with Crippen LogP contribution in [0.5, 0.6) is 0 Å². The summed E-state index contributed by atoms with van der Waals surface area (Å²) in [5, 5.41) is 0. The normalized spacial score (nSPS) is 21.4. The lowest BCUT2D eigenvalue weighted by atomic mass is 9.96. The highest BCUT2D eigenvalue weighted by Gasteiger charge is 2.32. The zero-order valence-electron chi connectivity index (χ0n) is 12.7. The minimum absolute atomic E-state index is 0.138. The van der Waals surface area contributed by atoms with Gasteiger partial charge in [-0.25, -0.2) is 0 Å². The van der Waals surface area contributed by atoms with E-state index in [0.717, 1.165) is 26.1 Å². The van der Waals surface area contributed by atoms with Crippen molar-refractivity contribution in [3.8, 4) is 0 Å². The van der Waals surface area contributed by atoms with Gasteiger partial charge in [-0.1, -0.05) is 25.1 Å². The summed E-state index contributed by atoms with van der Waals surface area (Å²) in [5.74, 6) is 0. The number of nitrogens with two attached hydrogens (primary N) is 1. The second-order valence-electron chi connectivity index (χ2n) is 6.23. The minimum Gasteiger partial charge on any atom is -0.368 e. The Bertz CT molecular complexity index is 428. The second-order valence-corrected chi connectivity index (χ2v) is 6.23. The second kappa shape index (κ2) is 5.51. The van der Waals surface area contributed by atoms with Crippen molar-refractivity contribution in [2.24, 2.45) is 5.73 Å². The molecular weight excluding hydrogens is 234 g/mol. The number of rotatable bonds is 3. The van der Waals surface area contributed by atoms with Crippen LogP contribution in [0.4, 0.5) is 5.69 Å². The minimum atomic E-state index is 0.138. The highest BCUT2D eigenvalue weighted by Crippen LogP contribution is 2.30. The number of hydrogen-bond acceptors (Lipinski definition) is 3. The Morgan fingerprint density at radius 1 is 1.26 bits per heavy atom. The van der Waals surface area contributed by atoms with E-state index in [4.69, 9.17) is 5.73 Å². The van der Waals surface area contributed by atoms with Crippen LogP contribution in [-0.4, -0.2) is 37.1 Å². The molecule has 1 aromatic rings. The van der Waals surface area contributed by atoms with Gasteiger partial charge >= 0.3 is 0 Å². The van der Waals surface area contributed by atoms with Crippen LogP contribution in [-0.2, 0) is 0 Å². The quantitative estimate of drug-likeness (QED) is 0.908. The van der Waals surface area contributed by atoms with Crippen molar-refractivity contribution in [2.45, 2.75) is 38.8 Å². The van der Waals surface area contributed by atoms with Crippen molar-refractivity contribution in [3.63, 3.8) is 0 Å². The van der Waals surface area contributed by atoms with Gasteiger partial charge in [-0.15, -0.1) is 0 Å². The van der Waals surface area contributed by atoms with Gasteiger partial charge in [0, 0.05) is 36.9 Å². The van der Waals surface area contributed by atoms with Crippen molar-refractivity contribution in [1.82, 2.24) is 4.90 Å². The third kappa shape index (κ3) is 2.93. The average Bonchev–Trinajstić information content (AvgIpc) is 2.41. The summed E-state index contributed by atoms with van der Waals surface area (Å²) in [6, 6.07) is 8.74. The van der Waals surface area contributed by atoms with Crippen LogP contribution in [0.15, 0.2) is 24.3 Å². The van der Waals surface area contributed by atoms with Gasteiger partial charge in [0.2, 0.25) is 0 Å². The Kier molecular flexibility index (Phi) is 4.16. The zero-order valence-corrected chi connectivity index (χ0v) is 12.7. The Labute approximate surface area is 117 Å². The molecular formula is C16H27N3. The molecule has 1 fully saturated rings. The first-order valence-corrected chi connectivity index (χ1v) is 7.26. The summed E-state index contributed by atoms with van der Waals surface area (Å²) in [6.45, 7) is 9.99. The lowest BCUT2D eigenvalue weighted by Gasteiger charge is -2.47. The lowest BCUT2D eigenvalue weighted by Crippen LogP contribution is -2.57. The van der Waals surface area contributed by atoms with Gasteiger partial charge in [0.25, 0.3) is 0 Å². The largest absolute Gasteiger partial charge is 0.368 e. The molecule has 0 spiro atoms. The van der Waals surface area contributed by atoms with Crippen LogP contribution in [0.25, 0.3) is 0 Å². The Morgan fingerprint density at radius 3 is 2.58 bits per heavy atom. The molecule has 0 amide bonds. The molecule has 2 rings (SSSR count). The van der Waals surface area contributed by atoms with Gasteiger partial charge in [-0.05, 0) is 38.9 Å². The van der Waals surface area contributed by atoms with Gasteiger partial charge in [0.05, 0.1) is 0 Å². The van der Waals surface area contributed by atoms with Crippen LogP contribution in [0.2, 0.25) is 0 Å². The van der Waals surface area contributed by atoms with Crippen LogP contribution >= 0.6 is 0 Å². The third-order valence-corrected chi connectivity index (χ3v) is 4.43. The maximum absolute atomic E-state index is 6.26. The highest BCUT2D eigenvalue weighted by molar-refractivity contribution is 5.55. The van der Waals surface area contributed by atoms with Crippen LogP contribution < -0.4 is 10.6 Å². The number of hydrogen-bond donors (Lipinski definition) is 1. The average molecular weight is 261 g/mol. The van der Waals surface area contributed by atoms with Crippen molar-refractivity contribution in [3.05, 3.63) is 29.8 Å². The summed E-state index contributed by atoms with van der Waals surface area (Å²) < 4.78 is 0. The molecule has 1 aliphatic rings. The molecule has 1 atom stereocenters. The number of nitrogens with zero attached hydrogens (tertiary/aromatic N) is 2. The maximum atomic E-state index is 6.26. The van der Waals surface area contributed by atoms with E-state index in [2.05, 4.69) is 61.9 Å². The fraction of sp³-hybridized carbons (Fsp3) is 0.625. The first-order chi connectivity index (χ1) is 8.95. The fourth-order valence-corrected chi connectivity index (χ4v) is 2.75. The van der Waals surface area contributed by atoms with Crippen LogP contribution in [0, 0.1) is 0 Å². The van der Waals surface area contributed by atoms with E-state index in [1.54, 1.807) is 0 Å². The topological polar surface area (TPSA) is 32.5 Å². The molecule has 0 unspecified atom stereocenters. The maximum Gasteiger partial charge on any atom is 0.0415 e. The fourth-order valence-electron chi connectivity index (χ4n) is 2.75. The summed E-state index contributed by atoms with van der Waals surface area (Å²) in [7, 11) is 2.21. The summed E-state index contributed by atoms with van der Waals surface area (Å²) >= 11 is 0. The predicted molar refractivity (Wildman–Crippen MR) is 82.6 cm³/mol. The van der Waals surface area contributed by atoms with Crippen molar-refractivity contribution in [1.29, 1.82) is 0 Å². The molecule has 0 radical (unpaired) electrons. The molecule has 1 aliphatic heterocycles. The molecule has 0 bridgehead atoms. The predicted octanol–water partition coefficient (Wildman–Crippen LogP) is 2.63. The summed E-state index contributed by atoms with van der Waals surface area (Å²) in [6.07, 6.45) is 0.980. The molecule has 1 heterocycles. The Hall–Kier alpha value is -1.06. The van der Waals surface area contributed by atoms with E-state index in [1.807, 2.05) is 0 Å². The smallest absolute Gasteiger partial charge is 0.0415 e.